The second-order valence-electron chi connectivity index (χ2n) is 5.10. The molecule has 0 radical (unpaired) electrons. The van der Waals surface area contributed by atoms with Crippen LogP contribution in [-0.2, 0) is 0 Å². The number of rotatable bonds is 4. The average Bonchev–Trinajstić information content (AvgIpc) is 2.74. The van der Waals surface area contributed by atoms with Crippen molar-refractivity contribution in [3.8, 4) is 6.07 Å². The Kier molecular flexibility index (Phi) is 4.00. The van der Waals surface area contributed by atoms with Gasteiger partial charge in [-0.2, -0.15) is 5.26 Å². The Labute approximate surface area is 109 Å². The van der Waals surface area contributed by atoms with Crippen molar-refractivity contribution in [3.05, 3.63) is 35.4 Å². The van der Waals surface area contributed by atoms with Crippen LogP contribution in [0.25, 0.3) is 0 Å². The Bertz CT molecular complexity index is 449. The van der Waals surface area contributed by atoms with Crippen LogP contribution in [-0.4, -0.2) is 18.0 Å². The first-order valence-corrected chi connectivity index (χ1v) is 6.65. The molecule has 0 spiro atoms. The standard InChI is InChI=1S/C15H21N3/c1-3-18(10-11(2)9-16)15-8-14(17)12-6-4-5-7-13(12)15/h4-7,11,14-15H,3,8,10,17H2,1-2H3. The number of hydrogen-bond acceptors (Lipinski definition) is 3. The summed E-state index contributed by atoms with van der Waals surface area (Å²) in [5, 5.41) is 8.97. The van der Waals surface area contributed by atoms with Crippen molar-refractivity contribution in [2.45, 2.75) is 32.4 Å². The molecule has 0 aromatic heterocycles. The first kappa shape index (κ1) is 13.1. The molecule has 2 N–H and O–H groups in total. The third kappa shape index (κ3) is 2.40. The second kappa shape index (κ2) is 5.51. The topological polar surface area (TPSA) is 53.0 Å². The van der Waals surface area contributed by atoms with Gasteiger partial charge in [-0.1, -0.05) is 31.2 Å². The maximum absolute atomic E-state index is 8.97. The van der Waals surface area contributed by atoms with E-state index >= 15 is 0 Å². The molecule has 18 heavy (non-hydrogen) atoms. The Morgan fingerprint density at radius 1 is 1.44 bits per heavy atom. The lowest BCUT2D eigenvalue weighted by Gasteiger charge is -2.29. The molecule has 1 aromatic rings. The van der Waals surface area contributed by atoms with Crippen molar-refractivity contribution in [1.29, 1.82) is 5.26 Å². The fraction of sp³-hybridized carbons (Fsp3) is 0.533. The fourth-order valence-corrected chi connectivity index (χ4v) is 2.86. The quantitative estimate of drug-likeness (QED) is 0.884. The Morgan fingerprint density at radius 3 is 2.72 bits per heavy atom. The smallest absolute Gasteiger partial charge is 0.0666 e. The number of nitrogens with zero attached hydrogens (tertiary/aromatic N) is 2. The minimum Gasteiger partial charge on any atom is -0.324 e. The van der Waals surface area contributed by atoms with Gasteiger partial charge in [0.05, 0.1) is 12.0 Å². The van der Waals surface area contributed by atoms with Gasteiger partial charge in [-0.15, -0.1) is 0 Å². The van der Waals surface area contributed by atoms with E-state index in [0.717, 1.165) is 19.5 Å². The van der Waals surface area contributed by atoms with Crippen molar-refractivity contribution >= 4 is 0 Å². The molecule has 0 saturated carbocycles. The molecule has 1 aromatic carbocycles. The molecular formula is C15H21N3. The summed E-state index contributed by atoms with van der Waals surface area (Å²) in [4.78, 5) is 2.37. The van der Waals surface area contributed by atoms with Gasteiger partial charge < -0.3 is 5.73 Å². The number of nitriles is 1. The molecule has 0 fully saturated rings. The minimum atomic E-state index is 0.0638. The molecule has 1 aliphatic carbocycles. The van der Waals surface area contributed by atoms with Crippen LogP contribution in [0.15, 0.2) is 24.3 Å². The van der Waals surface area contributed by atoms with Crippen LogP contribution in [0.4, 0.5) is 0 Å². The van der Waals surface area contributed by atoms with Crippen LogP contribution in [0.3, 0.4) is 0 Å². The normalized spacial score (nSPS) is 23.7. The van der Waals surface area contributed by atoms with Crippen LogP contribution >= 0.6 is 0 Å². The maximum atomic E-state index is 8.97. The summed E-state index contributed by atoms with van der Waals surface area (Å²) in [6.07, 6.45) is 0.964. The predicted molar refractivity (Wildman–Crippen MR) is 72.8 cm³/mol. The molecule has 0 saturated heterocycles. The maximum Gasteiger partial charge on any atom is 0.0666 e. The van der Waals surface area contributed by atoms with Crippen molar-refractivity contribution < 1.29 is 0 Å². The molecule has 0 bridgehead atoms. The second-order valence-corrected chi connectivity index (χ2v) is 5.10. The number of benzene rings is 1. The van der Waals surface area contributed by atoms with E-state index in [1.54, 1.807) is 0 Å². The van der Waals surface area contributed by atoms with E-state index in [9.17, 15) is 0 Å². The van der Waals surface area contributed by atoms with Gasteiger partial charge in [0.15, 0.2) is 0 Å². The van der Waals surface area contributed by atoms with Crippen LogP contribution in [0.5, 0.6) is 0 Å². The molecule has 3 nitrogen and oxygen atoms in total. The van der Waals surface area contributed by atoms with E-state index in [-0.39, 0.29) is 12.0 Å². The zero-order valence-electron chi connectivity index (χ0n) is 11.1. The van der Waals surface area contributed by atoms with Crippen LogP contribution < -0.4 is 5.73 Å². The molecule has 0 aliphatic heterocycles. The van der Waals surface area contributed by atoms with Gasteiger partial charge in [-0.3, -0.25) is 4.90 Å². The van der Waals surface area contributed by atoms with E-state index < -0.39 is 0 Å². The molecule has 2 rings (SSSR count). The third-order valence-corrected chi connectivity index (χ3v) is 3.81. The number of hydrogen-bond donors (Lipinski definition) is 1. The summed E-state index contributed by atoms with van der Waals surface area (Å²) in [6, 6.07) is 11.2. The van der Waals surface area contributed by atoms with E-state index in [2.05, 4.69) is 42.2 Å². The summed E-state index contributed by atoms with van der Waals surface area (Å²) in [6.45, 7) is 5.90. The van der Waals surface area contributed by atoms with Gasteiger partial charge in [-0.25, -0.2) is 0 Å². The first-order chi connectivity index (χ1) is 8.67. The molecule has 0 heterocycles. The zero-order chi connectivity index (χ0) is 13.1. The molecular weight excluding hydrogens is 222 g/mol. The highest BCUT2D eigenvalue weighted by Gasteiger charge is 2.32. The minimum absolute atomic E-state index is 0.0638. The van der Waals surface area contributed by atoms with Crippen LogP contribution in [0.1, 0.15) is 43.5 Å². The fourth-order valence-electron chi connectivity index (χ4n) is 2.86. The van der Waals surface area contributed by atoms with Crippen molar-refractivity contribution in [2.24, 2.45) is 11.7 Å². The average molecular weight is 243 g/mol. The van der Waals surface area contributed by atoms with Crippen molar-refractivity contribution in [1.82, 2.24) is 4.90 Å². The predicted octanol–water partition coefficient (Wildman–Crippen LogP) is 2.61. The molecule has 3 atom stereocenters. The number of fused-ring (bicyclic) bond motifs is 1. The highest BCUT2D eigenvalue weighted by molar-refractivity contribution is 5.37. The van der Waals surface area contributed by atoms with Crippen molar-refractivity contribution in [3.63, 3.8) is 0 Å². The van der Waals surface area contributed by atoms with Crippen molar-refractivity contribution in [2.75, 3.05) is 13.1 Å². The SMILES string of the molecule is CCN(CC(C)C#N)C1CC(N)c2ccccc21. The highest BCUT2D eigenvalue weighted by atomic mass is 15.2. The van der Waals surface area contributed by atoms with Crippen LogP contribution in [0, 0.1) is 17.2 Å². The summed E-state index contributed by atoms with van der Waals surface area (Å²) in [7, 11) is 0. The lowest BCUT2D eigenvalue weighted by atomic mass is 10.1. The Hall–Kier alpha value is -1.37. The van der Waals surface area contributed by atoms with Gasteiger partial charge in [0.1, 0.15) is 0 Å². The molecule has 1 aliphatic rings. The lowest BCUT2D eigenvalue weighted by molar-refractivity contribution is 0.188. The van der Waals surface area contributed by atoms with Gasteiger partial charge >= 0.3 is 0 Å². The van der Waals surface area contributed by atoms with Gasteiger partial charge in [0.2, 0.25) is 0 Å². The van der Waals surface area contributed by atoms with Crippen LogP contribution in [0.2, 0.25) is 0 Å². The zero-order valence-corrected chi connectivity index (χ0v) is 11.1. The summed E-state index contributed by atoms with van der Waals surface area (Å²) in [5.74, 6) is 0.0638. The summed E-state index contributed by atoms with van der Waals surface area (Å²) >= 11 is 0. The van der Waals surface area contributed by atoms with E-state index in [0.29, 0.717) is 6.04 Å². The van der Waals surface area contributed by atoms with E-state index in [4.69, 9.17) is 11.0 Å². The van der Waals surface area contributed by atoms with E-state index in [1.165, 1.54) is 11.1 Å². The Morgan fingerprint density at radius 2 is 2.11 bits per heavy atom. The monoisotopic (exact) mass is 243 g/mol. The molecule has 0 amide bonds. The largest absolute Gasteiger partial charge is 0.324 e. The first-order valence-electron chi connectivity index (χ1n) is 6.65. The van der Waals surface area contributed by atoms with Gasteiger partial charge in [-0.05, 0) is 31.0 Å². The molecule has 3 unspecified atom stereocenters. The summed E-state index contributed by atoms with van der Waals surface area (Å²) in [5.41, 5.74) is 8.81. The summed E-state index contributed by atoms with van der Waals surface area (Å²) < 4.78 is 0. The Balaban J connectivity index is 2.21. The van der Waals surface area contributed by atoms with E-state index in [1.807, 2.05) is 6.92 Å². The molecule has 96 valence electrons. The highest BCUT2D eigenvalue weighted by Crippen LogP contribution is 2.40. The van der Waals surface area contributed by atoms with Gasteiger partial charge in [0.25, 0.3) is 0 Å². The third-order valence-electron chi connectivity index (χ3n) is 3.81. The van der Waals surface area contributed by atoms with Gasteiger partial charge in [0, 0.05) is 18.6 Å². The lowest BCUT2D eigenvalue weighted by Crippen LogP contribution is -2.31. The molecule has 3 heteroatoms. The number of nitrogens with two attached hydrogens (primary N) is 1.